The predicted molar refractivity (Wildman–Crippen MR) is 105 cm³/mol. The summed E-state index contributed by atoms with van der Waals surface area (Å²) in [7, 11) is 0. The minimum absolute atomic E-state index is 0.0109. The second-order valence-electron chi connectivity index (χ2n) is 6.91. The van der Waals surface area contributed by atoms with Gasteiger partial charge in [-0.25, -0.2) is 0 Å². The van der Waals surface area contributed by atoms with E-state index in [2.05, 4.69) is 26.0 Å². The number of allylic oxidation sites excluding steroid dienone is 2. The Kier molecular flexibility index (Phi) is 19.6. The van der Waals surface area contributed by atoms with Gasteiger partial charge in [-0.2, -0.15) is 0 Å². The molecule has 0 radical (unpaired) electrons. The molecule has 0 saturated heterocycles. The van der Waals surface area contributed by atoms with E-state index < -0.39 is 0 Å². The van der Waals surface area contributed by atoms with Gasteiger partial charge in [-0.1, -0.05) is 83.8 Å². The van der Waals surface area contributed by atoms with Gasteiger partial charge in [-0.05, 0) is 38.5 Å². The number of ether oxygens (including phenoxy) is 1. The predicted octanol–water partition coefficient (Wildman–Crippen LogP) is 7.37. The van der Waals surface area contributed by atoms with Crippen molar-refractivity contribution in [1.29, 1.82) is 0 Å². The van der Waals surface area contributed by atoms with E-state index in [1.165, 1.54) is 70.6 Å². The minimum atomic E-state index is -0.0109. The highest BCUT2D eigenvalue weighted by atomic mass is 16.5. The highest BCUT2D eigenvalue weighted by Crippen LogP contribution is 2.10. The number of esters is 1. The van der Waals surface area contributed by atoms with Crippen LogP contribution < -0.4 is 0 Å². The molecule has 0 saturated carbocycles. The van der Waals surface area contributed by atoms with Crippen molar-refractivity contribution >= 4 is 5.97 Å². The van der Waals surface area contributed by atoms with Crippen LogP contribution in [-0.2, 0) is 9.53 Å². The molecule has 0 aromatic carbocycles. The summed E-state index contributed by atoms with van der Waals surface area (Å²) in [6.45, 7) is 4.97. The SMILES string of the molecule is CCCCCCC/C=C/CCCCCCCCC(=O)OCCCC. The van der Waals surface area contributed by atoms with Gasteiger partial charge in [0, 0.05) is 6.42 Å². The van der Waals surface area contributed by atoms with E-state index in [1.54, 1.807) is 0 Å². The molecule has 0 amide bonds. The monoisotopic (exact) mass is 338 g/mol. The smallest absolute Gasteiger partial charge is 0.305 e. The van der Waals surface area contributed by atoms with Crippen molar-refractivity contribution in [3.8, 4) is 0 Å². The van der Waals surface area contributed by atoms with Gasteiger partial charge in [-0.15, -0.1) is 0 Å². The normalized spacial score (nSPS) is 11.2. The maximum Gasteiger partial charge on any atom is 0.305 e. The fourth-order valence-electron chi connectivity index (χ4n) is 2.74. The average Bonchev–Trinajstić information content (AvgIpc) is 2.58. The van der Waals surface area contributed by atoms with Gasteiger partial charge in [0.05, 0.1) is 6.61 Å². The van der Waals surface area contributed by atoms with E-state index in [0.717, 1.165) is 25.7 Å². The molecule has 0 spiro atoms. The number of rotatable bonds is 18. The number of unbranched alkanes of at least 4 members (excludes halogenated alkanes) is 12. The van der Waals surface area contributed by atoms with Gasteiger partial charge < -0.3 is 4.74 Å². The molecule has 0 fully saturated rings. The molecule has 0 aliphatic carbocycles. The Morgan fingerprint density at radius 1 is 0.667 bits per heavy atom. The quantitative estimate of drug-likeness (QED) is 0.148. The van der Waals surface area contributed by atoms with Crippen molar-refractivity contribution in [2.75, 3.05) is 6.61 Å². The van der Waals surface area contributed by atoms with Crippen molar-refractivity contribution in [2.24, 2.45) is 0 Å². The maximum absolute atomic E-state index is 11.4. The lowest BCUT2D eigenvalue weighted by molar-refractivity contribution is -0.143. The lowest BCUT2D eigenvalue weighted by atomic mass is 10.1. The second-order valence-corrected chi connectivity index (χ2v) is 6.91. The molecule has 0 aromatic heterocycles. The fourth-order valence-corrected chi connectivity index (χ4v) is 2.74. The molecule has 0 rings (SSSR count). The molecule has 0 aliphatic rings. The zero-order valence-electron chi connectivity index (χ0n) is 16.5. The molecule has 0 bridgehead atoms. The molecule has 0 heterocycles. The van der Waals surface area contributed by atoms with Gasteiger partial charge in [-0.3, -0.25) is 4.79 Å². The van der Waals surface area contributed by atoms with Crippen LogP contribution in [0.3, 0.4) is 0 Å². The molecule has 142 valence electrons. The number of carbonyl (C=O) groups is 1. The van der Waals surface area contributed by atoms with Crippen LogP contribution in [0.15, 0.2) is 12.2 Å². The van der Waals surface area contributed by atoms with E-state index in [-0.39, 0.29) is 5.97 Å². The van der Waals surface area contributed by atoms with Crippen LogP contribution in [0.1, 0.15) is 117 Å². The van der Waals surface area contributed by atoms with Crippen molar-refractivity contribution in [2.45, 2.75) is 117 Å². The Hall–Kier alpha value is -0.790. The Morgan fingerprint density at radius 2 is 1.17 bits per heavy atom. The van der Waals surface area contributed by atoms with E-state index in [4.69, 9.17) is 4.74 Å². The number of hydrogen-bond donors (Lipinski definition) is 0. The molecule has 0 N–H and O–H groups in total. The standard InChI is InChI=1S/C22H42O2/c1-3-5-7-8-9-10-11-12-13-14-15-16-17-18-19-20-22(23)24-21-6-4-2/h11-12H,3-10,13-21H2,1-2H3/b12-11+. The van der Waals surface area contributed by atoms with Crippen LogP contribution in [0, 0.1) is 0 Å². The van der Waals surface area contributed by atoms with E-state index in [9.17, 15) is 4.79 Å². The first-order valence-corrected chi connectivity index (χ1v) is 10.6. The zero-order chi connectivity index (χ0) is 17.7. The number of carbonyl (C=O) groups excluding carboxylic acids is 1. The van der Waals surface area contributed by atoms with Crippen molar-refractivity contribution in [3.63, 3.8) is 0 Å². The Labute approximate surface area is 151 Å². The highest BCUT2D eigenvalue weighted by Gasteiger charge is 2.01. The second kappa shape index (κ2) is 20.3. The van der Waals surface area contributed by atoms with Gasteiger partial charge >= 0.3 is 5.97 Å². The van der Waals surface area contributed by atoms with Crippen LogP contribution >= 0.6 is 0 Å². The Balaban J connectivity index is 3.15. The third-order valence-corrected chi connectivity index (χ3v) is 4.40. The minimum Gasteiger partial charge on any atom is -0.466 e. The summed E-state index contributed by atoms with van der Waals surface area (Å²) in [5, 5.41) is 0. The molecule has 0 aliphatic heterocycles. The van der Waals surface area contributed by atoms with E-state index in [1.807, 2.05) is 0 Å². The first-order valence-electron chi connectivity index (χ1n) is 10.6. The maximum atomic E-state index is 11.4. The third-order valence-electron chi connectivity index (χ3n) is 4.40. The van der Waals surface area contributed by atoms with E-state index in [0.29, 0.717) is 13.0 Å². The average molecular weight is 339 g/mol. The van der Waals surface area contributed by atoms with Crippen LogP contribution in [-0.4, -0.2) is 12.6 Å². The van der Waals surface area contributed by atoms with Gasteiger partial charge in [0.15, 0.2) is 0 Å². The largest absolute Gasteiger partial charge is 0.466 e. The van der Waals surface area contributed by atoms with Gasteiger partial charge in [0.2, 0.25) is 0 Å². The summed E-state index contributed by atoms with van der Waals surface area (Å²) in [4.78, 5) is 11.4. The number of hydrogen-bond acceptors (Lipinski definition) is 2. The summed E-state index contributed by atoms with van der Waals surface area (Å²) < 4.78 is 5.16. The fraction of sp³-hybridized carbons (Fsp3) is 0.864. The lowest BCUT2D eigenvalue weighted by Crippen LogP contribution is -2.05. The van der Waals surface area contributed by atoms with Crippen molar-refractivity contribution < 1.29 is 9.53 Å². The summed E-state index contributed by atoms with van der Waals surface area (Å²) in [5.74, 6) is -0.0109. The van der Waals surface area contributed by atoms with Gasteiger partial charge in [0.1, 0.15) is 0 Å². The summed E-state index contributed by atoms with van der Waals surface area (Å²) in [5.41, 5.74) is 0. The molecular weight excluding hydrogens is 296 g/mol. The van der Waals surface area contributed by atoms with E-state index >= 15 is 0 Å². The lowest BCUT2D eigenvalue weighted by Gasteiger charge is -2.03. The third kappa shape index (κ3) is 19.3. The molecular formula is C22H42O2. The molecule has 2 heteroatoms. The molecule has 0 aromatic rings. The molecule has 0 atom stereocenters. The van der Waals surface area contributed by atoms with Crippen LogP contribution in [0.25, 0.3) is 0 Å². The summed E-state index contributed by atoms with van der Waals surface area (Å²) in [6.07, 6.45) is 24.1. The Bertz CT molecular complexity index is 284. The first kappa shape index (κ1) is 23.2. The molecule has 24 heavy (non-hydrogen) atoms. The van der Waals surface area contributed by atoms with Crippen molar-refractivity contribution in [1.82, 2.24) is 0 Å². The van der Waals surface area contributed by atoms with Crippen molar-refractivity contribution in [3.05, 3.63) is 12.2 Å². The topological polar surface area (TPSA) is 26.3 Å². The first-order chi connectivity index (χ1) is 11.8. The zero-order valence-corrected chi connectivity index (χ0v) is 16.5. The highest BCUT2D eigenvalue weighted by molar-refractivity contribution is 5.69. The van der Waals surface area contributed by atoms with Crippen LogP contribution in [0.2, 0.25) is 0 Å². The molecule has 2 nitrogen and oxygen atoms in total. The van der Waals surface area contributed by atoms with Crippen LogP contribution in [0.4, 0.5) is 0 Å². The summed E-state index contributed by atoms with van der Waals surface area (Å²) in [6, 6.07) is 0. The van der Waals surface area contributed by atoms with Crippen LogP contribution in [0.5, 0.6) is 0 Å². The Morgan fingerprint density at radius 3 is 1.75 bits per heavy atom. The molecule has 0 unspecified atom stereocenters. The summed E-state index contributed by atoms with van der Waals surface area (Å²) >= 11 is 0. The van der Waals surface area contributed by atoms with Gasteiger partial charge in [0.25, 0.3) is 0 Å².